The first kappa shape index (κ1) is 13.6. The molecule has 0 aliphatic carbocycles. The van der Waals surface area contributed by atoms with Crippen molar-refractivity contribution in [3.63, 3.8) is 0 Å². The highest BCUT2D eigenvalue weighted by Crippen LogP contribution is 2.27. The van der Waals surface area contributed by atoms with Crippen LogP contribution in [0.1, 0.15) is 12.8 Å². The third-order valence-corrected chi connectivity index (χ3v) is 3.64. The standard InChI is InChI=1S/C11H17N3O5/c15-5-7(10(17)18)13-11(19)14-3-1-2-6-8(14)4-12-9(6)16/h6-8,15H,1-5H2,(H,12,16)(H,13,19)(H,17,18)/t6?,7-,8?/m1/s1. The van der Waals surface area contributed by atoms with E-state index >= 15 is 0 Å². The highest BCUT2D eigenvalue weighted by Gasteiger charge is 2.43. The zero-order valence-corrected chi connectivity index (χ0v) is 10.3. The van der Waals surface area contributed by atoms with Crippen molar-refractivity contribution in [3.8, 4) is 0 Å². The van der Waals surface area contributed by atoms with Gasteiger partial charge in [0.15, 0.2) is 6.04 Å². The number of hydrogen-bond donors (Lipinski definition) is 4. The van der Waals surface area contributed by atoms with Crippen molar-refractivity contribution in [2.45, 2.75) is 24.9 Å². The number of hydrogen-bond acceptors (Lipinski definition) is 4. The van der Waals surface area contributed by atoms with Crippen LogP contribution >= 0.6 is 0 Å². The molecule has 106 valence electrons. The molecule has 0 aromatic carbocycles. The minimum absolute atomic E-state index is 0.0561. The van der Waals surface area contributed by atoms with E-state index < -0.39 is 24.6 Å². The number of carboxylic acids is 1. The average Bonchev–Trinajstić information content (AvgIpc) is 2.77. The Balaban J connectivity index is 2.02. The Morgan fingerprint density at radius 1 is 1.53 bits per heavy atom. The molecular formula is C11H17N3O5. The van der Waals surface area contributed by atoms with Gasteiger partial charge in [-0.3, -0.25) is 4.79 Å². The van der Waals surface area contributed by atoms with Gasteiger partial charge in [-0.15, -0.1) is 0 Å². The number of carboxylic acid groups (broad SMARTS) is 1. The van der Waals surface area contributed by atoms with Gasteiger partial charge in [0.1, 0.15) is 0 Å². The van der Waals surface area contributed by atoms with Gasteiger partial charge in [-0.05, 0) is 12.8 Å². The zero-order valence-electron chi connectivity index (χ0n) is 10.3. The van der Waals surface area contributed by atoms with Crippen LogP contribution in [0, 0.1) is 5.92 Å². The lowest BCUT2D eigenvalue weighted by atomic mass is 9.92. The number of carbonyl (C=O) groups excluding carboxylic acids is 2. The van der Waals surface area contributed by atoms with Crippen molar-refractivity contribution in [1.82, 2.24) is 15.5 Å². The molecule has 2 heterocycles. The maximum absolute atomic E-state index is 12.0. The molecule has 3 atom stereocenters. The number of nitrogens with zero attached hydrogens (tertiary/aromatic N) is 1. The highest BCUT2D eigenvalue weighted by atomic mass is 16.4. The van der Waals surface area contributed by atoms with E-state index in [1.54, 1.807) is 0 Å². The second-order valence-corrected chi connectivity index (χ2v) is 4.78. The lowest BCUT2D eigenvalue weighted by Gasteiger charge is -2.36. The fourth-order valence-electron chi connectivity index (χ4n) is 2.62. The SMILES string of the molecule is O=C1NCC2C1CCCN2C(=O)N[C@H](CO)C(=O)O. The molecule has 0 spiro atoms. The summed E-state index contributed by atoms with van der Waals surface area (Å²) in [6, 6.07) is -2.10. The summed E-state index contributed by atoms with van der Waals surface area (Å²) < 4.78 is 0. The summed E-state index contributed by atoms with van der Waals surface area (Å²) in [6.07, 6.45) is 1.45. The van der Waals surface area contributed by atoms with Crippen LogP contribution in [0.15, 0.2) is 0 Å². The van der Waals surface area contributed by atoms with Gasteiger partial charge in [-0.2, -0.15) is 0 Å². The average molecular weight is 271 g/mol. The van der Waals surface area contributed by atoms with Crippen LogP contribution in [-0.4, -0.2) is 64.8 Å². The van der Waals surface area contributed by atoms with Crippen LogP contribution in [0.3, 0.4) is 0 Å². The third-order valence-electron chi connectivity index (χ3n) is 3.64. The molecule has 2 saturated heterocycles. The van der Waals surface area contributed by atoms with E-state index in [-0.39, 0.29) is 17.9 Å². The van der Waals surface area contributed by atoms with Crippen LogP contribution < -0.4 is 10.6 Å². The number of aliphatic carboxylic acids is 1. The number of aliphatic hydroxyl groups excluding tert-OH is 1. The fourth-order valence-corrected chi connectivity index (χ4v) is 2.62. The van der Waals surface area contributed by atoms with E-state index in [1.165, 1.54) is 4.90 Å². The van der Waals surface area contributed by atoms with Crippen LogP contribution in [0.5, 0.6) is 0 Å². The van der Waals surface area contributed by atoms with Crippen molar-refractivity contribution in [3.05, 3.63) is 0 Å². The summed E-state index contributed by atoms with van der Waals surface area (Å²) in [6.45, 7) is 0.216. The van der Waals surface area contributed by atoms with Gasteiger partial charge in [-0.1, -0.05) is 0 Å². The summed E-state index contributed by atoms with van der Waals surface area (Å²) in [5, 5.41) is 22.7. The summed E-state index contributed by atoms with van der Waals surface area (Å²) in [4.78, 5) is 35.8. The maximum Gasteiger partial charge on any atom is 0.328 e. The van der Waals surface area contributed by atoms with Crippen LogP contribution in [0.2, 0.25) is 0 Å². The number of nitrogens with one attached hydrogen (secondary N) is 2. The maximum atomic E-state index is 12.0. The Kier molecular flexibility index (Phi) is 3.89. The van der Waals surface area contributed by atoms with Crippen LogP contribution in [-0.2, 0) is 9.59 Å². The number of rotatable bonds is 3. The molecule has 8 heteroatoms. The topological polar surface area (TPSA) is 119 Å². The summed E-state index contributed by atoms with van der Waals surface area (Å²) in [7, 11) is 0. The fraction of sp³-hybridized carbons (Fsp3) is 0.727. The molecular weight excluding hydrogens is 254 g/mol. The van der Waals surface area contributed by atoms with Gasteiger partial charge in [0.05, 0.1) is 18.6 Å². The minimum atomic E-state index is -1.32. The second-order valence-electron chi connectivity index (χ2n) is 4.78. The summed E-state index contributed by atoms with van der Waals surface area (Å²) in [5.41, 5.74) is 0. The van der Waals surface area contributed by atoms with E-state index in [2.05, 4.69) is 10.6 Å². The van der Waals surface area contributed by atoms with Crippen molar-refractivity contribution < 1.29 is 24.6 Å². The number of fused-ring (bicyclic) bond motifs is 1. The smallest absolute Gasteiger partial charge is 0.328 e. The van der Waals surface area contributed by atoms with E-state index in [9.17, 15) is 14.4 Å². The molecule has 2 unspecified atom stereocenters. The largest absolute Gasteiger partial charge is 0.480 e. The summed E-state index contributed by atoms with van der Waals surface area (Å²) >= 11 is 0. The molecule has 8 nitrogen and oxygen atoms in total. The zero-order chi connectivity index (χ0) is 14.0. The Morgan fingerprint density at radius 3 is 2.89 bits per heavy atom. The van der Waals surface area contributed by atoms with Gasteiger partial charge in [0.25, 0.3) is 0 Å². The van der Waals surface area contributed by atoms with Crippen LogP contribution in [0.25, 0.3) is 0 Å². The molecule has 2 aliphatic heterocycles. The second kappa shape index (κ2) is 5.43. The molecule has 2 fully saturated rings. The quantitative estimate of drug-likeness (QED) is 0.490. The van der Waals surface area contributed by atoms with Gasteiger partial charge in [0, 0.05) is 13.1 Å². The molecule has 2 aliphatic rings. The number of carbonyl (C=O) groups is 3. The summed E-state index contributed by atoms with van der Waals surface area (Å²) in [5.74, 6) is -1.55. The van der Waals surface area contributed by atoms with Crippen LogP contribution in [0.4, 0.5) is 4.79 Å². The molecule has 4 N–H and O–H groups in total. The molecule has 0 saturated carbocycles. The Bertz CT molecular complexity index is 400. The third kappa shape index (κ3) is 2.62. The van der Waals surface area contributed by atoms with Gasteiger partial charge >= 0.3 is 12.0 Å². The molecule has 0 radical (unpaired) electrons. The predicted octanol–water partition coefficient (Wildman–Crippen LogP) is -1.65. The first-order chi connectivity index (χ1) is 9.04. The minimum Gasteiger partial charge on any atom is -0.480 e. The first-order valence-electron chi connectivity index (χ1n) is 6.23. The van der Waals surface area contributed by atoms with Gasteiger partial charge < -0.3 is 25.7 Å². The monoisotopic (exact) mass is 271 g/mol. The molecule has 3 amide bonds. The van der Waals surface area contributed by atoms with Gasteiger partial charge in [-0.25, -0.2) is 9.59 Å². The normalized spacial score (nSPS) is 27.4. The number of amides is 3. The van der Waals surface area contributed by atoms with Gasteiger partial charge in [0.2, 0.25) is 5.91 Å². The molecule has 2 rings (SSSR count). The Hall–Kier alpha value is -1.83. The molecule has 0 bridgehead atoms. The first-order valence-corrected chi connectivity index (χ1v) is 6.23. The predicted molar refractivity (Wildman–Crippen MR) is 63.3 cm³/mol. The Morgan fingerprint density at radius 2 is 2.26 bits per heavy atom. The number of aliphatic hydroxyl groups is 1. The number of piperidine rings is 1. The van der Waals surface area contributed by atoms with Crippen molar-refractivity contribution in [2.24, 2.45) is 5.92 Å². The van der Waals surface area contributed by atoms with E-state index in [4.69, 9.17) is 10.2 Å². The number of likely N-dealkylation sites (tertiary alicyclic amines) is 1. The molecule has 19 heavy (non-hydrogen) atoms. The molecule has 0 aromatic heterocycles. The lowest BCUT2D eigenvalue weighted by Crippen LogP contribution is -2.56. The van der Waals surface area contributed by atoms with E-state index in [0.717, 1.165) is 6.42 Å². The van der Waals surface area contributed by atoms with Crippen molar-refractivity contribution in [1.29, 1.82) is 0 Å². The van der Waals surface area contributed by atoms with Crippen molar-refractivity contribution >= 4 is 17.9 Å². The highest BCUT2D eigenvalue weighted by molar-refractivity contribution is 5.86. The van der Waals surface area contributed by atoms with E-state index in [1.807, 2.05) is 0 Å². The number of urea groups is 1. The molecule has 0 aromatic rings. The Labute approximate surface area is 109 Å². The van der Waals surface area contributed by atoms with Crippen molar-refractivity contribution in [2.75, 3.05) is 19.7 Å². The van der Waals surface area contributed by atoms with E-state index in [0.29, 0.717) is 19.5 Å². The lowest BCUT2D eigenvalue weighted by molar-refractivity contribution is -0.140.